The standard InChI is InChI=1S/C55H43N3/c1-53(2)42-22-10-11-23-43(42)54(45-24-12-14-27-49(45)58-48-26-13-9-20-40(48)41-21-15-25-46(54)51(41)58)44-33-30-37(34-47(44)53)35-28-31-39(32-29-35)55(38-18-7-4-8-19-38)52(57-55)50(56)36-16-5-3-6-17-36/h3-34,50,52,57H,56H2,1-2H3. The Morgan fingerprint density at radius 3 is 1.88 bits per heavy atom. The molecule has 0 amide bonds. The largest absolute Gasteiger partial charge is 0.323 e. The maximum absolute atomic E-state index is 6.99. The maximum Gasteiger partial charge on any atom is 0.0868 e. The van der Waals surface area contributed by atoms with Crippen LogP contribution in [0.5, 0.6) is 0 Å². The van der Waals surface area contributed by atoms with E-state index >= 15 is 0 Å². The van der Waals surface area contributed by atoms with E-state index in [2.05, 4.69) is 212 Å². The summed E-state index contributed by atoms with van der Waals surface area (Å²) in [7, 11) is 0. The van der Waals surface area contributed by atoms with E-state index in [0.29, 0.717) is 0 Å². The third-order valence-corrected chi connectivity index (χ3v) is 14.0. The molecule has 1 aliphatic carbocycles. The number of nitrogens with two attached hydrogens (primary N) is 1. The second-order valence-electron chi connectivity index (χ2n) is 17.1. The highest BCUT2D eigenvalue weighted by Crippen LogP contribution is 2.61. The van der Waals surface area contributed by atoms with Crippen molar-refractivity contribution in [3.63, 3.8) is 0 Å². The predicted molar refractivity (Wildman–Crippen MR) is 238 cm³/mol. The van der Waals surface area contributed by atoms with Gasteiger partial charge < -0.3 is 10.3 Å². The van der Waals surface area contributed by atoms with Crippen LogP contribution in [0.15, 0.2) is 194 Å². The maximum atomic E-state index is 6.99. The Morgan fingerprint density at radius 1 is 0.500 bits per heavy atom. The average Bonchev–Trinajstić information content (AvgIpc) is 3.96. The topological polar surface area (TPSA) is 52.9 Å². The van der Waals surface area contributed by atoms with Gasteiger partial charge in [0, 0.05) is 22.2 Å². The van der Waals surface area contributed by atoms with Crippen LogP contribution in [0.2, 0.25) is 0 Å². The summed E-state index contributed by atoms with van der Waals surface area (Å²) in [4.78, 5) is 0. The molecule has 2 aliphatic heterocycles. The van der Waals surface area contributed by atoms with E-state index in [0.717, 1.165) is 5.56 Å². The number of nitrogens with one attached hydrogen (secondary N) is 1. The van der Waals surface area contributed by atoms with E-state index in [1.165, 1.54) is 83.1 Å². The lowest BCUT2D eigenvalue weighted by atomic mass is 9.53. The molecule has 58 heavy (non-hydrogen) atoms. The van der Waals surface area contributed by atoms with E-state index < -0.39 is 5.41 Å². The molecule has 12 rings (SSSR count). The summed E-state index contributed by atoms with van der Waals surface area (Å²) in [6.07, 6.45) is 0. The molecule has 0 radical (unpaired) electrons. The number of para-hydroxylation sites is 3. The molecular formula is C55H43N3. The van der Waals surface area contributed by atoms with Gasteiger partial charge in [-0.2, -0.15) is 0 Å². The number of fused-ring (bicyclic) bond motifs is 11. The summed E-state index contributed by atoms with van der Waals surface area (Å²) >= 11 is 0. The second-order valence-corrected chi connectivity index (χ2v) is 17.1. The molecule has 1 saturated heterocycles. The SMILES string of the molecule is CC1(C)c2ccccc2C2(c3ccccc3-n3c4ccccc4c4cccc2c43)c2ccc(-c3ccc(C4(c5ccccc5)NC4C(N)c4ccccc4)cc3)cc21. The van der Waals surface area contributed by atoms with Gasteiger partial charge in [-0.05, 0) is 79.4 Å². The van der Waals surface area contributed by atoms with Crippen molar-refractivity contribution in [3.8, 4) is 16.8 Å². The quantitative estimate of drug-likeness (QED) is 0.172. The van der Waals surface area contributed by atoms with Crippen LogP contribution in [0, 0.1) is 0 Å². The summed E-state index contributed by atoms with van der Waals surface area (Å²) in [6, 6.07) is 71.9. The second kappa shape index (κ2) is 12.0. The molecular weight excluding hydrogens is 703 g/mol. The normalized spacial score (nSPS) is 21.3. The van der Waals surface area contributed by atoms with Gasteiger partial charge in [-0.15, -0.1) is 0 Å². The lowest BCUT2D eigenvalue weighted by Gasteiger charge is -2.50. The van der Waals surface area contributed by atoms with Gasteiger partial charge in [0.1, 0.15) is 0 Å². The third kappa shape index (κ3) is 4.30. The fourth-order valence-corrected chi connectivity index (χ4v) is 11.2. The Bertz CT molecular complexity index is 3090. The van der Waals surface area contributed by atoms with Crippen molar-refractivity contribution < 1.29 is 0 Å². The number of hydrogen-bond donors (Lipinski definition) is 2. The van der Waals surface area contributed by atoms with Crippen molar-refractivity contribution >= 4 is 21.8 Å². The monoisotopic (exact) mass is 745 g/mol. The molecule has 4 atom stereocenters. The minimum Gasteiger partial charge on any atom is -0.323 e. The van der Waals surface area contributed by atoms with Crippen molar-refractivity contribution in [3.05, 3.63) is 244 Å². The molecule has 1 spiro atoms. The Labute approximate surface area is 339 Å². The molecule has 3 N–H and O–H groups in total. The molecule has 1 aromatic heterocycles. The molecule has 4 unspecified atom stereocenters. The third-order valence-electron chi connectivity index (χ3n) is 14.0. The van der Waals surface area contributed by atoms with Crippen LogP contribution in [0.1, 0.15) is 70.0 Å². The molecule has 3 aliphatic rings. The minimum atomic E-state index is -0.503. The van der Waals surface area contributed by atoms with Crippen LogP contribution >= 0.6 is 0 Å². The highest BCUT2D eigenvalue weighted by atomic mass is 15.2. The highest BCUT2D eigenvalue weighted by molar-refractivity contribution is 6.12. The van der Waals surface area contributed by atoms with Gasteiger partial charge in [-0.3, -0.25) is 5.32 Å². The van der Waals surface area contributed by atoms with Gasteiger partial charge in [-0.25, -0.2) is 0 Å². The van der Waals surface area contributed by atoms with Crippen LogP contribution in [0.25, 0.3) is 38.6 Å². The lowest BCUT2D eigenvalue weighted by molar-refractivity contribution is 0.556. The van der Waals surface area contributed by atoms with E-state index in [1.807, 2.05) is 6.07 Å². The van der Waals surface area contributed by atoms with Gasteiger partial charge in [0.15, 0.2) is 0 Å². The number of benzene rings is 8. The van der Waals surface area contributed by atoms with E-state index in [-0.39, 0.29) is 23.0 Å². The first-order valence-corrected chi connectivity index (χ1v) is 20.6. The summed E-state index contributed by atoms with van der Waals surface area (Å²) in [5.74, 6) is 0. The van der Waals surface area contributed by atoms with Gasteiger partial charge in [0.25, 0.3) is 0 Å². The highest BCUT2D eigenvalue weighted by Gasteiger charge is 2.59. The molecule has 8 aromatic carbocycles. The minimum absolute atomic E-state index is 0.0745. The Balaban J connectivity index is 1.04. The summed E-state index contributed by atoms with van der Waals surface area (Å²) < 4.78 is 2.52. The fourth-order valence-electron chi connectivity index (χ4n) is 11.2. The number of nitrogens with zero attached hydrogens (tertiary/aromatic N) is 1. The molecule has 3 nitrogen and oxygen atoms in total. The van der Waals surface area contributed by atoms with Crippen molar-refractivity contribution in [1.29, 1.82) is 0 Å². The predicted octanol–water partition coefficient (Wildman–Crippen LogP) is 11.7. The van der Waals surface area contributed by atoms with Crippen LogP contribution in [-0.2, 0) is 16.4 Å². The smallest absolute Gasteiger partial charge is 0.0868 e. The average molecular weight is 746 g/mol. The van der Waals surface area contributed by atoms with Crippen molar-refractivity contribution in [2.24, 2.45) is 5.73 Å². The van der Waals surface area contributed by atoms with Gasteiger partial charge in [0.2, 0.25) is 0 Å². The molecule has 9 aromatic rings. The number of aromatic nitrogens is 1. The summed E-state index contributed by atoms with van der Waals surface area (Å²) in [6.45, 7) is 4.82. The Hall–Kier alpha value is -6.52. The number of hydrogen-bond acceptors (Lipinski definition) is 2. The van der Waals surface area contributed by atoms with Crippen molar-refractivity contribution in [1.82, 2.24) is 9.88 Å². The Morgan fingerprint density at radius 2 is 1.09 bits per heavy atom. The van der Waals surface area contributed by atoms with Crippen LogP contribution < -0.4 is 11.1 Å². The molecule has 3 heteroatoms. The van der Waals surface area contributed by atoms with Crippen LogP contribution in [0.4, 0.5) is 0 Å². The molecule has 0 bridgehead atoms. The first-order chi connectivity index (χ1) is 28.4. The van der Waals surface area contributed by atoms with E-state index in [1.54, 1.807) is 0 Å². The first kappa shape index (κ1) is 33.6. The van der Waals surface area contributed by atoms with Gasteiger partial charge in [0.05, 0.1) is 33.7 Å². The van der Waals surface area contributed by atoms with Gasteiger partial charge in [-0.1, -0.05) is 190 Å². The van der Waals surface area contributed by atoms with Crippen molar-refractivity contribution in [2.75, 3.05) is 0 Å². The zero-order valence-corrected chi connectivity index (χ0v) is 32.7. The molecule has 3 heterocycles. The first-order valence-electron chi connectivity index (χ1n) is 20.6. The van der Waals surface area contributed by atoms with Gasteiger partial charge >= 0.3 is 0 Å². The van der Waals surface area contributed by atoms with E-state index in [9.17, 15) is 0 Å². The molecule has 1 fully saturated rings. The lowest BCUT2D eigenvalue weighted by Crippen LogP contribution is -2.44. The Kier molecular flexibility index (Phi) is 6.95. The summed E-state index contributed by atoms with van der Waals surface area (Å²) in [5.41, 5.74) is 23.8. The van der Waals surface area contributed by atoms with Crippen molar-refractivity contribution in [2.45, 2.75) is 42.3 Å². The zero-order chi connectivity index (χ0) is 38.8. The van der Waals surface area contributed by atoms with Crippen LogP contribution in [-0.4, -0.2) is 10.6 Å². The fraction of sp³-hybridized carbons (Fsp3) is 0.127. The van der Waals surface area contributed by atoms with E-state index in [4.69, 9.17) is 5.73 Å². The zero-order valence-electron chi connectivity index (χ0n) is 32.7. The van der Waals surface area contributed by atoms with Crippen LogP contribution in [0.3, 0.4) is 0 Å². The summed E-state index contributed by atoms with van der Waals surface area (Å²) in [5, 5.41) is 6.46. The molecule has 0 saturated carbocycles. The molecule has 278 valence electrons. The number of rotatable bonds is 5.